The van der Waals surface area contributed by atoms with Gasteiger partial charge in [-0.3, -0.25) is 0 Å². The van der Waals surface area contributed by atoms with Crippen LogP contribution in [0.5, 0.6) is 5.88 Å². The summed E-state index contributed by atoms with van der Waals surface area (Å²) in [6.45, 7) is 3.05. The van der Waals surface area contributed by atoms with E-state index in [1.54, 1.807) is 10.6 Å². The fourth-order valence-electron chi connectivity index (χ4n) is 2.74. The lowest BCUT2D eigenvalue weighted by Gasteiger charge is -2.31. The minimum atomic E-state index is 0.0587. The summed E-state index contributed by atoms with van der Waals surface area (Å²) in [4.78, 5) is 6.46. The molecule has 0 amide bonds. The van der Waals surface area contributed by atoms with Crippen molar-refractivity contribution >= 4 is 13.6 Å². The molecule has 2 aromatic rings. The molecule has 0 aliphatic carbocycles. The lowest BCUT2D eigenvalue weighted by molar-refractivity contribution is 0.261. The number of hydrogen-bond acceptors (Lipinski definition) is 4. The van der Waals surface area contributed by atoms with E-state index in [2.05, 4.69) is 22.9 Å². The van der Waals surface area contributed by atoms with E-state index in [0.717, 1.165) is 30.0 Å². The van der Waals surface area contributed by atoms with Crippen molar-refractivity contribution in [2.24, 2.45) is 0 Å². The van der Waals surface area contributed by atoms with Crippen LogP contribution in [-0.4, -0.2) is 39.0 Å². The average molecular weight is 244 g/mol. The molecular formula is C12H17BN4O. The van der Waals surface area contributed by atoms with Crippen molar-refractivity contribution in [3.63, 3.8) is 0 Å². The van der Waals surface area contributed by atoms with E-state index in [1.165, 1.54) is 12.8 Å². The Hall–Kier alpha value is -1.56. The first-order chi connectivity index (χ1) is 8.65. The van der Waals surface area contributed by atoms with E-state index in [0.29, 0.717) is 6.04 Å². The molecule has 1 aliphatic rings. The van der Waals surface area contributed by atoms with Crippen LogP contribution >= 0.6 is 0 Å². The van der Waals surface area contributed by atoms with Crippen molar-refractivity contribution in [3.8, 4) is 5.88 Å². The Kier molecular flexibility index (Phi) is 2.74. The first-order valence-corrected chi connectivity index (χ1v) is 6.41. The molecule has 0 radical (unpaired) electrons. The number of hydrogen-bond donors (Lipinski definition) is 1. The molecule has 0 unspecified atom stereocenters. The van der Waals surface area contributed by atoms with Crippen LogP contribution in [0.2, 0.25) is 0 Å². The second-order valence-electron chi connectivity index (χ2n) is 5.09. The standard InChI is InChI=1S/C12H17BN4O/c1-8-6-12(18)14-11-7-9(15-17(8)11)10-4-2-3-5-16(10)13/h6-7,10H,2-5,13H2,1H3,(H,14,18)/t10-/m0/s1. The normalized spacial score (nSPS) is 21.5. The van der Waals surface area contributed by atoms with Gasteiger partial charge in [-0.1, -0.05) is 6.42 Å². The number of aromatic nitrogens is 3. The second-order valence-corrected chi connectivity index (χ2v) is 5.09. The molecule has 18 heavy (non-hydrogen) atoms. The first-order valence-electron chi connectivity index (χ1n) is 6.41. The van der Waals surface area contributed by atoms with Gasteiger partial charge in [-0.15, -0.1) is 0 Å². The fraction of sp³-hybridized carbons (Fsp3) is 0.500. The molecule has 1 saturated heterocycles. The highest BCUT2D eigenvalue weighted by Crippen LogP contribution is 2.29. The smallest absolute Gasteiger partial charge is 0.214 e. The van der Waals surface area contributed by atoms with Crippen LogP contribution in [0, 0.1) is 6.92 Å². The molecule has 0 bridgehead atoms. The topological polar surface area (TPSA) is 53.7 Å². The summed E-state index contributed by atoms with van der Waals surface area (Å²) < 4.78 is 1.80. The van der Waals surface area contributed by atoms with E-state index in [1.807, 2.05) is 13.0 Å². The van der Waals surface area contributed by atoms with Crippen molar-refractivity contribution in [1.29, 1.82) is 0 Å². The van der Waals surface area contributed by atoms with Gasteiger partial charge < -0.3 is 9.92 Å². The van der Waals surface area contributed by atoms with Gasteiger partial charge in [-0.05, 0) is 26.3 Å². The zero-order valence-corrected chi connectivity index (χ0v) is 10.8. The maximum Gasteiger partial charge on any atom is 0.214 e. The Bertz CT molecular complexity index is 583. The highest BCUT2D eigenvalue weighted by atomic mass is 16.3. The summed E-state index contributed by atoms with van der Waals surface area (Å²) >= 11 is 0. The quantitative estimate of drug-likeness (QED) is 0.754. The molecule has 0 aromatic carbocycles. The minimum absolute atomic E-state index is 0.0587. The molecule has 0 saturated carbocycles. The van der Waals surface area contributed by atoms with Gasteiger partial charge >= 0.3 is 0 Å². The zero-order chi connectivity index (χ0) is 12.7. The lowest BCUT2D eigenvalue weighted by atomic mass is 9.96. The summed E-state index contributed by atoms with van der Waals surface area (Å²) in [6.07, 6.45) is 3.66. The number of rotatable bonds is 1. The summed E-state index contributed by atoms with van der Waals surface area (Å²) in [7, 11) is 2.14. The maximum atomic E-state index is 9.52. The number of aryl methyl sites for hydroxylation is 1. The summed E-state index contributed by atoms with van der Waals surface area (Å²) in [5, 5.41) is 14.1. The molecule has 94 valence electrons. The van der Waals surface area contributed by atoms with E-state index in [9.17, 15) is 5.11 Å². The number of fused-ring (bicyclic) bond motifs is 1. The lowest BCUT2D eigenvalue weighted by Crippen LogP contribution is -2.31. The summed E-state index contributed by atoms with van der Waals surface area (Å²) in [5.74, 6) is 0.0587. The highest BCUT2D eigenvalue weighted by Gasteiger charge is 2.23. The summed E-state index contributed by atoms with van der Waals surface area (Å²) in [6, 6.07) is 4.00. The predicted molar refractivity (Wildman–Crippen MR) is 71.2 cm³/mol. The molecule has 3 rings (SSSR count). The van der Waals surface area contributed by atoms with Crippen molar-refractivity contribution < 1.29 is 5.11 Å². The van der Waals surface area contributed by atoms with Gasteiger partial charge in [-0.2, -0.15) is 10.1 Å². The highest BCUT2D eigenvalue weighted by molar-refractivity contribution is 6.04. The number of nitrogens with zero attached hydrogens (tertiary/aromatic N) is 4. The summed E-state index contributed by atoms with van der Waals surface area (Å²) in [5.41, 5.74) is 2.68. The molecule has 1 aliphatic heterocycles. The average Bonchev–Trinajstić information content (AvgIpc) is 2.73. The zero-order valence-electron chi connectivity index (χ0n) is 10.8. The van der Waals surface area contributed by atoms with Crippen LogP contribution < -0.4 is 0 Å². The van der Waals surface area contributed by atoms with Crippen molar-refractivity contribution in [1.82, 2.24) is 19.4 Å². The van der Waals surface area contributed by atoms with Gasteiger partial charge in [0.15, 0.2) is 13.6 Å². The van der Waals surface area contributed by atoms with Crippen molar-refractivity contribution in [3.05, 3.63) is 23.5 Å². The third-order valence-corrected chi connectivity index (χ3v) is 3.72. The van der Waals surface area contributed by atoms with E-state index in [4.69, 9.17) is 0 Å². The number of aromatic hydroxyl groups is 1. The maximum absolute atomic E-state index is 9.52. The van der Waals surface area contributed by atoms with Crippen LogP contribution in [0.3, 0.4) is 0 Å². The minimum Gasteiger partial charge on any atom is -0.493 e. The Labute approximate surface area is 107 Å². The molecule has 5 nitrogen and oxygen atoms in total. The Morgan fingerprint density at radius 1 is 1.39 bits per heavy atom. The van der Waals surface area contributed by atoms with Crippen LogP contribution in [0.4, 0.5) is 0 Å². The van der Waals surface area contributed by atoms with Gasteiger partial charge in [0.25, 0.3) is 0 Å². The van der Waals surface area contributed by atoms with E-state index in [-0.39, 0.29) is 5.88 Å². The molecule has 2 aromatic heterocycles. The van der Waals surface area contributed by atoms with Gasteiger partial charge in [0, 0.05) is 23.9 Å². The third-order valence-electron chi connectivity index (χ3n) is 3.72. The molecule has 1 atom stereocenters. The van der Waals surface area contributed by atoms with Crippen LogP contribution in [0.25, 0.3) is 5.65 Å². The largest absolute Gasteiger partial charge is 0.493 e. The molecule has 6 heteroatoms. The fourth-order valence-corrected chi connectivity index (χ4v) is 2.74. The van der Waals surface area contributed by atoms with Crippen molar-refractivity contribution in [2.45, 2.75) is 32.2 Å². The Morgan fingerprint density at radius 3 is 3.00 bits per heavy atom. The van der Waals surface area contributed by atoms with Crippen molar-refractivity contribution in [2.75, 3.05) is 6.54 Å². The molecule has 3 heterocycles. The number of piperidine rings is 1. The Morgan fingerprint density at radius 2 is 2.22 bits per heavy atom. The first kappa shape index (κ1) is 11.5. The van der Waals surface area contributed by atoms with Gasteiger partial charge in [0.1, 0.15) is 0 Å². The Balaban J connectivity index is 2.05. The monoisotopic (exact) mass is 244 g/mol. The van der Waals surface area contributed by atoms with Crippen LogP contribution in [0.15, 0.2) is 12.1 Å². The van der Waals surface area contributed by atoms with Crippen LogP contribution in [0.1, 0.15) is 36.7 Å². The van der Waals surface area contributed by atoms with Gasteiger partial charge in [-0.25, -0.2) is 4.52 Å². The SMILES string of the molecule is BN1CCCC[C@H]1c1cc2nc(O)cc(C)n2n1. The molecule has 1 N–H and O–H groups in total. The third kappa shape index (κ3) is 1.86. The molecule has 1 fully saturated rings. The van der Waals surface area contributed by atoms with E-state index >= 15 is 0 Å². The predicted octanol–water partition coefficient (Wildman–Crippen LogP) is 0.818. The molecular weight excluding hydrogens is 227 g/mol. The van der Waals surface area contributed by atoms with Crippen LogP contribution in [-0.2, 0) is 0 Å². The molecule has 0 spiro atoms. The van der Waals surface area contributed by atoms with Gasteiger partial charge in [0.2, 0.25) is 5.88 Å². The second kappa shape index (κ2) is 4.28. The van der Waals surface area contributed by atoms with E-state index < -0.39 is 0 Å². The van der Waals surface area contributed by atoms with Gasteiger partial charge in [0.05, 0.1) is 5.69 Å².